The van der Waals surface area contributed by atoms with Crippen molar-refractivity contribution in [1.29, 1.82) is 0 Å². The summed E-state index contributed by atoms with van der Waals surface area (Å²) in [6.07, 6.45) is 2.76. The number of halogens is 1. The number of aromatic nitrogens is 1. The van der Waals surface area contributed by atoms with Gasteiger partial charge in [0.05, 0.1) is 23.6 Å². The second-order valence-electron chi connectivity index (χ2n) is 5.26. The van der Waals surface area contributed by atoms with Crippen molar-refractivity contribution in [3.63, 3.8) is 0 Å². The fourth-order valence-corrected chi connectivity index (χ4v) is 2.57. The van der Waals surface area contributed by atoms with Gasteiger partial charge < -0.3 is 10.6 Å². The van der Waals surface area contributed by atoms with E-state index in [4.69, 9.17) is 17.3 Å². The lowest BCUT2D eigenvalue weighted by Crippen LogP contribution is -2.22. The van der Waals surface area contributed by atoms with Crippen molar-refractivity contribution in [2.75, 3.05) is 11.9 Å². The molecule has 0 fully saturated rings. The second kappa shape index (κ2) is 6.92. The third-order valence-corrected chi connectivity index (χ3v) is 4.28. The largest absolute Gasteiger partial charge is 0.367 e. The second-order valence-corrected chi connectivity index (χ2v) is 5.67. The molecule has 2 rings (SSSR count). The number of hydrogen-bond donors (Lipinski definition) is 1. The van der Waals surface area contributed by atoms with Crippen LogP contribution >= 0.6 is 11.6 Å². The van der Waals surface area contributed by atoms with Gasteiger partial charge in [0.2, 0.25) is 0 Å². The number of hydrogen-bond acceptors (Lipinski definition) is 3. The van der Waals surface area contributed by atoms with E-state index in [1.807, 2.05) is 37.5 Å². The van der Waals surface area contributed by atoms with E-state index in [9.17, 15) is 0 Å². The van der Waals surface area contributed by atoms with Gasteiger partial charge in [0, 0.05) is 18.1 Å². The van der Waals surface area contributed by atoms with E-state index >= 15 is 0 Å². The molecular weight excluding hydrogens is 282 g/mol. The van der Waals surface area contributed by atoms with Crippen molar-refractivity contribution in [3.05, 3.63) is 58.9 Å². The first-order valence-corrected chi connectivity index (χ1v) is 7.61. The van der Waals surface area contributed by atoms with E-state index in [0.717, 1.165) is 28.4 Å². The summed E-state index contributed by atoms with van der Waals surface area (Å²) in [5.74, 6) is 0. The Morgan fingerprint density at radius 3 is 2.52 bits per heavy atom. The van der Waals surface area contributed by atoms with Crippen LogP contribution in [0.25, 0.3) is 0 Å². The zero-order chi connectivity index (χ0) is 15.4. The maximum atomic E-state index is 6.28. The molecule has 0 saturated heterocycles. The molecule has 1 heterocycles. The number of rotatable bonds is 5. The van der Waals surface area contributed by atoms with E-state index in [2.05, 4.69) is 35.9 Å². The highest BCUT2D eigenvalue weighted by atomic mass is 35.5. The molecule has 3 nitrogen and oxygen atoms in total. The van der Waals surface area contributed by atoms with Gasteiger partial charge in [-0.1, -0.05) is 36.7 Å². The van der Waals surface area contributed by atoms with Crippen molar-refractivity contribution >= 4 is 17.3 Å². The standard InChI is InChI=1S/C17H22ClN3/c1-4-16(19)17-10-9-13(11-20-17)21(3)12(2)14-7-5-6-8-15(14)18/h5-12,16H,4,19H2,1-3H3/t12?,16-/m0/s1. The summed E-state index contributed by atoms with van der Waals surface area (Å²) < 4.78 is 0. The molecular formula is C17H22ClN3. The van der Waals surface area contributed by atoms with E-state index in [1.165, 1.54) is 0 Å². The molecule has 0 saturated carbocycles. The molecule has 1 aromatic heterocycles. The van der Waals surface area contributed by atoms with Crippen LogP contribution in [0.3, 0.4) is 0 Å². The molecule has 2 atom stereocenters. The summed E-state index contributed by atoms with van der Waals surface area (Å²) in [6.45, 7) is 4.19. The van der Waals surface area contributed by atoms with Gasteiger partial charge in [-0.25, -0.2) is 0 Å². The molecule has 0 spiro atoms. The summed E-state index contributed by atoms with van der Waals surface area (Å²) in [4.78, 5) is 6.63. The van der Waals surface area contributed by atoms with Crippen molar-refractivity contribution in [2.45, 2.75) is 32.4 Å². The topological polar surface area (TPSA) is 42.1 Å². The van der Waals surface area contributed by atoms with Gasteiger partial charge in [-0.15, -0.1) is 0 Å². The third kappa shape index (κ3) is 3.55. The molecule has 0 aliphatic rings. The Morgan fingerprint density at radius 1 is 1.24 bits per heavy atom. The number of benzene rings is 1. The molecule has 21 heavy (non-hydrogen) atoms. The molecule has 2 N–H and O–H groups in total. The lowest BCUT2D eigenvalue weighted by atomic mass is 10.1. The minimum Gasteiger partial charge on any atom is -0.367 e. The van der Waals surface area contributed by atoms with Gasteiger partial charge >= 0.3 is 0 Å². The molecule has 2 aromatic rings. The van der Waals surface area contributed by atoms with Crippen molar-refractivity contribution < 1.29 is 0 Å². The molecule has 112 valence electrons. The third-order valence-electron chi connectivity index (χ3n) is 3.93. The van der Waals surface area contributed by atoms with Crippen LogP contribution in [0.5, 0.6) is 0 Å². The van der Waals surface area contributed by atoms with Gasteiger partial charge in [-0.2, -0.15) is 0 Å². The molecule has 0 aliphatic heterocycles. The van der Waals surface area contributed by atoms with E-state index < -0.39 is 0 Å². The van der Waals surface area contributed by atoms with Crippen molar-refractivity contribution in [1.82, 2.24) is 4.98 Å². The lowest BCUT2D eigenvalue weighted by Gasteiger charge is -2.28. The van der Waals surface area contributed by atoms with Crippen LogP contribution in [-0.4, -0.2) is 12.0 Å². The molecule has 0 amide bonds. The Kier molecular flexibility index (Phi) is 5.21. The normalized spacial score (nSPS) is 13.8. The van der Waals surface area contributed by atoms with Gasteiger partial charge in [0.15, 0.2) is 0 Å². The first-order chi connectivity index (χ1) is 10.0. The maximum Gasteiger partial charge on any atom is 0.0572 e. The summed E-state index contributed by atoms with van der Waals surface area (Å²) in [5.41, 5.74) is 9.09. The van der Waals surface area contributed by atoms with Crippen LogP contribution < -0.4 is 10.6 Å². The Balaban J connectivity index is 2.20. The van der Waals surface area contributed by atoms with Crippen LogP contribution in [0.2, 0.25) is 5.02 Å². The fraction of sp³-hybridized carbons (Fsp3) is 0.353. The molecule has 0 bridgehead atoms. The zero-order valence-electron chi connectivity index (χ0n) is 12.8. The summed E-state index contributed by atoms with van der Waals surface area (Å²) in [7, 11) is 2.05. The van der Waals surface area contributed by atoms with E-state index in [-0.39, 0.29) is 12.1 Å². The number of nitrogens with zero attached hydrogens (tertiary/aromatic N) is 2. The first-order valence-electron chi connectivity index (χ1n) is 7.23. The predicted molar refractivity (Wildman–Crippen MR) is 89.7 cm³/mol. The van der Waals surface area contributed by atoms with E-state index in [1.54, 1.807) is 0 Å². The highest BCUT2D eigenvalue weighted by Crippen LogP contribution is 2.29. The minimum atomic E-state index is 0.00495. The van der Waals surface area contributed by atoms with Crippen LogP contribution in [-0.2, 0) is 0 Å². The average Bonchev–Trinajstić information content (AvgIpc) is 2.53. The van der Waals surface area contributed by atoms with Gasteiger partial charge in [0.25, 0.3) is 0 Å². The monoisotopic (exact) mass is 303 g/mol. The highest BCUT2D eigenvalue weighted by molar-refractivity contribution is 6.31. The number of nitrogens with two attached hydrogens (primary N) is 1. The Morgan fingerprint density at radius 2 is 1.95 bits per heavy atom. The van der Waals surface area contributed by atoms with Crippen LogP contribution in [0.4, 0.5) is 5.69 Å². The molecule has 1 unspecified atom stereocenters. The fourth-order valence-electron chi connectivity index (χ4n) is 2.28. The lowest BCUT2D eigenvalue weighted by molar-refractivity contribution is 0.673. The predicted octanol–water partition coefficient (Wildman–Crippen LogP) is 4.34. The Labute approximate surface area is 131 Å². The van der Waals surface area contributed by atoms with Gasteiger partial charge in [-0.05, 0) is 37.1 Å². The SMILES string of the molecule is CC[C@H](N)c1ccc(N(C)C(C)c2ccccc2Cl)cn1. The van der Waals surface area contributed by atoms with Crippen LogP contribution in [0.1, 0.15) is 43.6 Å². The number of pyridine rings is 1. The van der Waals surface area contributed by atoms with Gasteiger partial charge in [0.1, 0.15) is 0 Å². The van der Waals surface area contributed by atoms with E-state index in [0.29, 0.717) is 0 Å². The minimum absolute atomic E-state index is 0.00495. The van der Waals surface area contributed by atoms with Crippen molar-refractivity contribution in [3.8, 4) is 0 Å². The molecule has 4 heteroatoms. The zero-order valence-corrected chi connectivity index (χ0v) is 13.5. The molecule has 0 aliphatic carbocycles. The Bertz CT molecular complexity index is 583. The van der Waals surface area contributed by atoms with Crippen LogP contribution in [0.15, 0.2) is 42.6 Å². The van der Waals surface area contributed by atoms with Crippen LogP contribution in [0, 0.1) is 0 Å². The average molecular weight is 304 g/mol. The highest BCUT2D eigenvalue weighted by Gasteiger charge is 2.15. The summed E-state index contributed by atoms with van der Waals surface area (Å²) >= 11 is 6.28. The Hall–Kier alpha value is -1.58. The summed E-state index contributed by atoms with van der Waals surface area (Å²) in [6, 6.07) is 12.2. The quantitative estimate of drug-likeness (QED) is 0.893. The molecule has 0 radical (unpaired) electrons. The molecule has 1 aromatic carbocycles. The van der Waals surface area contributed by atoms with Gasteiger partial charge in [-0.3, -0.25) is 4.98 Å². The number of anilines is 1. The summed E-state index contributed by atoms with van der Waals surface area (Å²) in [5, 5.41) is 0.787. The smallest absolute Gasteiger partial charge is 0.0572 e. The maximum absolute atomic E-state index is 6.28. The van der Waals surface area contributed by atoms with Crippen molar-refractivity contribution in [2.24, 2.45) is 5.73 Å². The first kappa shape index (κ1) is 15.8.